The molecule has 0 bridgehead atoms. The number of aryl methyl sites for hydroxylation is 1. The van der Waals surface area contributed by atoms with Gasteiger partial charge in [-0.15, -0.1) is 0 Å². The third-order valence-electron chi connectivity index (χ3n) is 2.92. The highest BCUT2D eigenvalue weighted by Gasteiger charge is 2.01. The first-order chi connectivity index (χ1) is 8.76. The van der Waals surface area contributed by atoms with E-state index in [4.69, 9.17) is 4.74 Å². The van der Waals surface area contributed by atoms with Gasteiger partial charge in [0, 0.05) is 6.04 Å². The number of ether oxygens (including phenoxy) is 1. The lowest BCUT2D eigenvalue weighted by molar-refractivity contribution is 0.362. The van der Waals surface area contributed by atoms with Gasteiger partial charge in [0.25, 0.3) is 0 Å². The van der Waals surface area contributed by atoms with Crippen molar-refractivity contribution >= 4 is 0 Å². The molecule has 0 saturated carbocycles. The quantitative estimate of drug-likeness (QED) is 0.709. The molecular formula is C16H25NO. The summed E-state index contributed by atoms with van der Waals surface area (Å²) in [4.78, 5) is 0. The predicted octanol–water partition coefficient (Wildman–Crippen LogP) is 3.57. The third-order valence-corrected chi connectivity index (χ3v) is 2.92. The molecular weight excluding hydrogens is 222 g/mol. The Balaban J connectivity index is 2.35. The number of allylic oxidation sites excluding steroid dienone is 1. The lowest BCUT2D eigenvalue weighted by atomic mass is 10.1. The third kappa shape index (κ3) is 5.87. The van der Waals surface area contributed by atoms with Gasteiger partial charge in [0.05, 0.1) is 0 Å². The van der Waals surface area contributed by atoms with Crippen molar-refractivity contribution in [2.75, 3.05) is 13.2 Å². The second kappa shape index (κ2) is 8.76. The van der Waals surface area contributed by atoms with Crippen LogP contribution in [0, 0.1) is 0 Å². The first-order valence-corrected chi connectivity index (χ1v) is 6.82. The summed E-state index contributed by atoms with van der Waals surface area (Å²) >= 11 is 0. The molecule has 1 N–H and O–H groups in total. The molecule has 0 heterocycles. The van der Waals surface area contributed by atoms with Gasteiger partial charge in [-0.2, -0.15) is 0 Å². The highest BCUT2D eigenvalue weighted by atomic mass is 16.5. The number of nitrogens with one attached hydrogen (secondary N) is 1. The lowest BCUT2D eigenvalue weighted by Crippen LogP contribution is -2.25. The van der Waals surface area contributed by atoms with Crippen molar-refractivity contribution in [3.8, 4) is 5.75 Å². The molecule has 0 amide bonds. The van der Waals surface area contributed by atoms with Gasteiger partial charge in [-0.1, -0.05) is 31.2 Å². The second-order valence-electron chi connectivity index (χ2n) is 4.52. The Kier molecular flexibility index (Phi) is 7.19. The zero-order valence-electron chi connectivity index (χ0n) is 11.8. The van der Waals surface area contributed by atoms with Crippen molar-refractivity contribution in [2.45, 2.75) is 39.7 Å². The molecule has 0 saturated heterocycles. The second-order valence-corrected chi connectivity index (χ2v) is 4.52. The Morgan fingerprint density at radius 3 is 2.61 bits per heavy atom. The smallest absolute Gasteiger partial charge is 0.119 e. The van der Waals surface area contributed by atoms with Crippen molar-refractivity contribution in [2.24, 2.45) is 0 Å². The predicted molar refractivity (Wildman–Crippen MR) is 78.2 cm³/mol. The Morgan fingerprint density at radius 1 is 1.28 bits per heavy atom. The summed E-state index contributed by atoms with van der Waals surface area (Å²) in [6.45, 7) is 8.07. The van der Waals surface area contributed by atoms with Crippen LogP contribution in [0.3, 0.4) is 0 Å². The Hall–Kier alpha value is -1.28. The van der Waals surface area contributed by atoms with Gasteiger partial charge < -0.3 is 10.1 Å². The van der Waals surface area contributed by atoms with Crippen LogP contribution >= 0.6 is 0 Å². The van der Waals surface area contributed by atoms with Crippen LogP contribution in [0.15, 0.2) is 36.4 Å². The van der Waals surface area contributed by atoms with E-state index in [2.05, 4.69) is 43.4 Å². The van der Waals surface area contributed by atoms with Gasteiger partial charge in [-0.05, 0) is 50.9 Å². The summed E-state index contributed by atoms with van der Waals surface area (Å²) < 4.78 is 5.57. The zero-order valence-corrected chi connectivity index (χ0v) is 11.8. The van der Waals surface area contributed by atoms with Gasteiger partial charge >= 0.3 is 0 Å². The maximum absolute atomic E-state index is 5.57. The molecule has 2 nitrogen and oxygen atoms in total. The fraction of sp³-hybridized carbons (Fsp3) is 0.500. The summed E-state index contributed by atoms with van der Waals surface area (Å²) in [6.07, 6.45) is 6.29. The van der Waals surface area contributed by atoms with Crippen LogP contribution < -0.4 is 10.1 Å². The molecule has 100 valence electrons. The number of hydrogen-bond donors (Lipinski definition) is 1. The van der Waals surface area contributed by atoms with Crippen molar-refractivity contribution in [1.29, 1.82) is 0 Å². The molecule has 0 radical (unpaired) electrons. The largest absolute Gasteiger partial charge is 0.490 e. The van der Waals surface area contributed by atoms with Crippen molar-refractivity contribution in [3.05, 3.63) is 42.0 Å². The molecule has 0 aliphatic carbocycles. The summed E-state index contributed by atoms with van der Waals surface area (Å²) in [5.74, 6) is 0.941. The maximum Gasteiger partial charge on any atom is 0.119 e. The van der Waals surface area contributed by atoms with Gasteiger partial charge in [0.15, 0.2) is 0 Å². The van der Waals surface area contributed by atoms with Gasteiger partial charge in [0.2, 0.25) is 0 Å². The average molecular weight is 247 g/mol. The molecule has 18 heavy (non-hydrogen) atoms. The first-order valence-electron chi connectivity index (χ1n) is 6.82. The van der Waals surface area contributed by atoms with E-state index in [-0.39, 0.29) is 0 Å². The molecule has 1 aromatic rings. The van der Waals surface area contributed by atoms with E-state index in [9.17, 15) is 0 Å². The van der Waals surface area contributed by atoms with Crippen LogP contribution in [0.25, 0.3) is 0 Å². The monoisotopic (exact) mass is 247 g/mol. The van der Waals surface area contributed by atoms with Gasteiger partial charge in [0.1, 0.15) is 12.4 Å². The Morgan fingerprint density at radius 2 is 2.00 bits per heavy atom. The molecule has 0 aliphatic heterocycles. The molecule has 1 unspecified atom stereocenters. The highest BCUT2D eigenvalue weighted by molar-refractivity contribution is 5.27. The van der Waals surface area contributed by atoms with Crippen LogP contribution in [0.5, 0.6) is 5.75 Å². The number of rotatable bonds is 8. The van der Waals surface area contributed by atoms with E-state index in [0.29, 0.717) is 12.6 Å². The van der Waals surface area contributed by atoms with Crippen molar-refractivity contribution in [3.63, 3.8) is 0 Å². The fourth-order valence-electron chi connectivity index (χ4n) is 1.83. The molecule has 0 aromatic heterocycles. The minimum absolute atomic E-state index is 0.584. The minimum atomic E-state index is 0.584. The summed E-state index contributed by atoms with van der Waals surface area (Å²) in [5.41, 5.74) is 1.37. The molecule has 0 spiro atoms. The van der Waals surface area contributed by atoms with Crippen LogP contribution in [0.1, 0.15) is 32.8 Å². The van der Waals surface area contributed by atoms with Crippen LogP contribution in [0.2, 0.25) is 0 Å². The Bertz CT molecular complexity index is 343. The number of benzene rings is 1. The topological polar surface area (TPSA) is 21.3 Å². The van der Waals surface area contributed by atoms with E-state index in [1.807, 2.05) is 19.1 Å². The van der Waals surface area contributed by atoms with Crippen molar-refractivity contribution < 1.29 is 4.74 Å². The standard InChI is InChI=1S/C16H25NO/c1-4-6-13-18-16-11-9-15(10-12-16)8-7-14(3)17-5-2/h4,6,9-12,14,17H,5,7-8,13H2,1-3H3/b6-4+. The van der Waals surface area contributed by atoms with E-state index >= 15 is 0 Å². The Labute approximate surface area is 111 Å². The SMILES string of the molecule is C/C=C/COc1ccc(CCC(C)NCC)cc1. The molecule has 0 fully saturated rings. The molecule has 2 heteroatoms. The summed E-state index contributed by atoms with van der Waals surface area (Å²) in [7, 11) is 0. The van der Waals surface area contributed by atoms with Gasteiger partial charge in [-0.3, -0.25) is 0 Å². The van der Waals surface area contributed by atoms with E-state index < -0.39 is 0 Å². The highest BCUT2D eigenvalue weighted by Crippen LogP contribution is 2.14. The van der Waals surface area contributed by atoms with Crippen LogP contribution in [-0.2, 0) is 6.42 Å². The molecule has 0 aliphatic rings. The maximum atomic E-state index is 5.57. The summed E-state index contributed by atoms with van der Waals surface area (Å²) in [6, 6.07) is 9.00. The van der Waals surface area contributed by atoms with E-state index in [0.717, 1.165) is 18.7 Å². The first kappa shape index (κ1) is 14.8. The average Bonchev–Trinajstić information content (AvgIpc) is 2.38. The lowest BCUT2D eigenvalue weighted by Gasteiger charge is -2.12. The molecule has 1 aromatic carbocycles. The summed E-state index contributed by atoms with van der Waals surface area (Å²) in [5, 5.41) is 3.43. The van der Waals surface area contributed by atoms with Gasteiger partial charge in [-0.25, -0.2) is 0 Å². The van der Waals surface area contributed by atoms with Crippen LogP contribution in [0.4, 0.5) is 0 Å². The van der Waals surface area contributed by atoms with E-state index in [1.165, 1.54) is 12.0 Å². The van der Waals surface area contributed by atoms with Crippen LogP contribution in [-0.4, -0.2) is 19.2 Å². The fourth-order valence-corrected chi connectivity index (χ4v) is 1.83. The number of hydrogen-bond acceptors (Lipinski definition) is 2. The molecule has 1 atom stereocenters. The minimum Gasteiger partial charge on any atom is -0.490 e. The zero-order chi connectivity index (χ0) is 13.2. The normalized spacial score (nSPS) is 12.8. The van der Waals surface area contributed by atoms with Crippen molar-refractivity contribution in [1.82, 2.24) is 5.32 Å². The van der Waals surface area contributed by atoms with E-state index in [1.54, 1.807) is 0 Å². The molecule has 1 rings (SSSR count).